The first-order chi connectivity index (χ1) is 15.6. The Hall–Kier alpha value is -2.97. The van der Waals surface area contributed by atoms with E-state index in [4.69, 9.17) is 18.9 Å². The van der Waals surface area contributed by atoms with E-state index in [2.05, 4.69) is 10.2 Å². The number of β-amino-alcohol motifs (C(OH)–C–C–N with tert-alkyl or cyclic N) is 1. The molecule has 8 nitrogen and oxygen atoms in total. The Balaban J connectivity index is 1.30. The summed E-state index contributed by atoms with van der Waals surface area (Å²) < 4.78 is 22.1. The second-order valence-electron chi connectivity index (χ2n) is 8.09. The van der Waals surface area contributed by atoms with Crippen molar-refractivity contribution >= 4 is 5.91 Å². The largest absolute Gasteiger partial charge is 0.497 e. The number of nitrogens with one attached hydrogen (secondary N) is 1. The van der Waals surface area contributed by atoms with Gasteiger partial charge >= 0.3 is 0 Å². The fourth-order valence-electron chi connectivity index (χ4n) is 3.90. The van der Waals surface area contributed by atoms with E-state index in [-0.39, 0.29) is 31.1 Å². The molecule has 2 aromatic rings. The number of fused-ring (bicyclic) bond motifs is 1. The Kier molecular flexibility index (Phi) is 7.34. The summed E-state index contributed by atoms with van der Waals surface area (Å²) >= 11 is 0. The van der Waals surface area contributed by atoms with Gasteiger partial charge in [0.05, 0.1) is 26.2 Å². The number of amides is 1. The minimum Gasteiger partial charge on any atom is -0.497 e. The van der Waals surface area contributed by atoms with Crippen LogP contribution in [0.15, 0.2) is 42.5 Å². The Bertz CT molecular complexity index is 898. The summed E-state index contributed by atoms with van der Waals surface area (Å²) in [5.74, 6) is 2.88. The van der Waals surface area contributed by atoms with Gasteiger partial charge in [-0.1, -0.05) is 6.07 Å². The number of ether oxygens (including phenoxy) is 4. The molecule has 1 amide bonds. The molecule has 0 saturated carbocycles. The van der Waals surface area contributed by atoms with Gasteiger partial charge in [-0.3, -0.25) is 9.69 Å². The van der Waals surface area contributed by atoms with Gasteiger partial charge in [-0.2, -0.15) is 0 Å². The van der Waals surface area contributed by atoms with E-state index in [1.165, 1.54) is 0 Å². The summed E-state index contributed by atoms with van der Waals surface area (Å²) in [6.45, 7) is 3.33. The molecule has 2 aromatic carbocycles. The zero-order valence-electron chi connectivity index (χ0n) is 18.3. The number of aliphatic hydroxyl groups excluding tert-OH is 1. The minimum atomic E-state index is -0.279. The van der Waals surface area contributed by atoms with Crippen molar-refractivity contribution in [2.45, 2.75) is 25.0 Å². The van der Waals surface area contributed by atoms with Gasteiger partial charge in [0.2, 0.25) is 5.91 Å². The van der Waals surface area contributed by atoms with Crippen LogP contribution in [-0.4, -0.2) is 74.6 Å². The highest BCUT2D eigenvalue weighted by molar-refractivity contribution is 5.76. The molecule has 0 aliphatic carbocycles. The second kappa shape index (κ2) is 10.6. The molecule has 0 aromatic heterocycles. The minimum absolute atomic E-state index is 0.0675. The highest BCUT2D eigenvalue weighted by atomic mass is 16.6. The van der Waals surface area contributed by atoms with Crippen LogP contribution in [0.2, 0.25) is 0 Å². The Labute approximate surface area is 188 Å². The summed E-state index contributed by atoms with van der Waals surface area (Å²) in [7, 11) is 1.61. The lowest BCUT2D eigenvalue weighted by molar-refractivity contribution is -0.122. The summed E-state index contributed by atoms with van der Waals surface area (Å²) in [6.07, 6.45) is 0.638. The van der Waals surface area contributed by atoms with Crippen molar-refractivity contribution in [3.8, 4) is 23.0 Å². The molecule has 1 atom stereocenters. The predicted molar refractivity (Wildman–Crippen MR) is 119 cm³/mol. The Morgan fingerprint density at radius 3 is 2.56 bits per heavy atom. The number of carbonyl (C=O) groups is 1. The standard InChI is InChI=1S/C24H30N2O6/c1-29-20-3-5-21(6-4-20)30-9-8-24(28)25-18(14-26-15-19(27)16-26)12-17-2-7-22-23(13-17)32-11-10-31-22/h2-7,13,18-19,27H,8-12,14-16H2,1H3,(H,25,28)/t18-/m0/s1. The van der Waals surface area contributed by atoms with Crippen molar-refractivity contribution in [1.82, 2.24) is 10.2 Å². The number of carbonyl (C=O) groups excluding carboxylic acids is 1. The van der Waals surface area contributed by atoms with Crippen molar-refractivity contribution in [2.24, 2.45) is 0 Å². The predicted octanol–water partition coefficient (Wildman–Crippen LogP) is 1.64. The Morgan fingerprint density at radius 1 is 1.12 bits per heavy atom. The van der Waals surface area contributed by atoms with Crippen LogP contribution in [0.5, 0.6) is 23.0 Å². The lowest BCUT2D eigenvalue weighted by Crippen LogP contribution is -2.56. The maximum absolute atomic E-state index is 12.6. The fourth-order valence-corrected chi connectivity index (χ4v) is 3.90. The molecule has 2 N–H and O–H groups in total. The summed E-state index contributed by atoms with van der Waals surface area (Å²) in [6, 6.07) is 13.1. The molecule has 0 unspecified atom stereocenters. The van der Waals surface area contributed by atoms with E-state index in [1.807, 2.05) is 42.5 Å². The maximum atomic E-state index is 12.6. The summed E-state index contributed by atoms with van der Waals surface area (Å²) in [5, 5.41) is 12.7. The molecule has 2 heterocycles. The molecule has 2 aliphatic heterocycles. The third-order valence-electron chi connectivity index (χ3n) is 5.53. The van der Waals surface area contributed by atoms with Gasteiger partial charge in [-0.15, -0.1) is 0 Å². The summed E-state index contributed by atoms with van der Waals surface area (Å²) in [5.41, 5.74) is 1.06. The normalized spacial score (nSPS) is 16.7. The molecule has 0 radical (unpaired) electrons. The van der Waals surface area contributed by atoms with Crippen molar-refractivity contribution in [3.05, 3.63) is 48.0 Å². The average Bonchev–Trinajstić information content (AvgIpc) is 2.78. The monoisotopic (exact) mass is 442 g/mol. The van der Waals surface area contributed by atoms with Crippen LogP contribution < -0.4 is 24.3 Å². The lowest BCUT2D eigenvalue weighted by atomic mass is 10.0. The average molecular weight is 443 g/mol. The van der Waals surface area contributed by atoms with E-state index in [0.29, 0.717) is 45.0 Å². The molecule has 1 fully saturated rings. The molecule has 0 spiro atoms. The number of rotatable bonds is 10. The fraction of sp³-hybridized carbons (Fsp3) is 0.458. The Morgan fingerprint density at radius 2 is 1.84 bits per heavy atom. The number of nitrogens with zero attached hydrogens (tertiary/aromatic N) is 1. The van der Waals surface area contributed by atoms with Crippen LogP contribution in [0.25, 0.3) is 0 Å². The highest BCUT2D eigenvalue weighted by Crippen LogP contribution is 2.31. The van der Waals surface area contributed by atoms with E-state index < -0.39 is 0 Å². The zero-order valence-corrected chi connectivity index (χ0v) is 18.3. The molecule has 32 heavy (non-hydrogen) atoms. The molecule has 4 rings (SSSR count). The maximum Gasteiger partial charge on any atom is 0.223 e. The first-order valence-electron chi connectivity index (χ1n) is 10.9. The molecule has 8 heteroatoms. The third kappa shape index (κ3) is 6.05. The number of hydrogen-bond donors (Lipinski definition) is 2. The smallest absolute Gasteiger partial charge is 0.223 e. The number of hydrogen-bond acceptors (Lipinski definition) is 7. The van der Waals surface area contributed by atoms with Gasteiger partial charge in [0, 0.05) is 25.7 Å². The molecular weight excluding hydrogens is 412 g/mol. The zero-order chi connectivity index (χ0) is 22.3. The van der Waals surface area contributed by atoms with Gasteiger partial charge in [0.25, 0.3) is 0 Å². The number of likely N-dealkylation sites (tertiary alicyclic amines) is 1. The first-order valence-corrected chi connectivity index (χ1v) is 10.9. The molecule has 172 valence electrons. The van der Waals surface area contributed by atoms with Crippen molar-refractivity contribution < 1.29 is 28.8 Å². The van der Waals surface area contributed by atoms with Crippen LogP contribution >= 0.6 is 0 Å². The molecular formula is C24H30N2O6. The third-order valence-corrected chi connectivity index (χ3v) is 5.53. The van der Waals surface area contributed by atoms with Gasteiger partial charge in [-0.25, -0.2) is 0 Å². The molecule has 2 aliphatic rings. The van der Waals surface area contributed by atoms with Gasteiger partial charge in [-0.05, 0) is 48.4 Å². The van der Waals surface area contributed by atoms with E-state index in [0.717, 1.165) is 22.8 Å². The molecule has 1 saturated heterocycles. The van der Waals surface area contributed by atoms with Crippen LogP contribution in [0.3, 0.4) is 0 Å². The van der Waals surface area contributed by atoms with E-state index in [9.17, 15) is 9.90 Å². The first kappa shape index (κ1) is 22.2. The lowest BCUT2D eigenvalue weighted by Gasteiger charge is -2.38. The quantitative estimate of drug-likeness (QED) is 0.578. The highest BCUT2D eigenvalue weighted by Gasteiger charge is 2.27. The van der Waals surface area contributed by atoms with Gasteiger partial charge in [0.15, 0.2) is 11.5 Å². The van der Waals surface area contributed by atoms with Crippen LogP contribution in [-0.2, 0) is 11.2 Å². The van der Waals surface area contributed by atoms with E-state index in [1.54, 1.807) is 7.11 Å². The second-order valence-corrected chi connectivity index (χ2v) is 8.09. The number of methoxy groups -OCH3 is 1. The van der Waals surface area contributed by atoms with E-state index >= 15 is 0 Å². The van der Waals surface area contributed by atoms with Crippen molar-refractivity contribution in [2.75, 3.05) is 46.6 Å². The SMILES string of the molecule is COc1ccc(OCCC(=O)N[C@@H](Cc2ccc3c(c2)OCCO3)CN2CC(O)C2)cc1. The van der Waals surface area contributed by atoms with Gasteiger partial charge < -0.3 is 29.4 Å². The topological polar surface area (TPSA) is 89.5 Å². The van der Waals surface area contributed by atoms with Crippen molar-refractivity contribution in [3.63, 3.8) is 0 Å². The molecule has 0 bridgehead atoms. The van der Waals surface area contributed by atoms with Gasteiger partial charge in [0.1, 0.15) is 24.7 Å². The van der Waals surface area contributed by atoms with Crippen LogP contribution in [0.1, 0.15) is 12.0 Å². The van der Waals surface area contributed by atoms with Crippen molar-refractivity contribution in [1.29, 1.82) is 0 Å². The number of benzene rings is 2. The summed E-state index contributed by atoms with van der Waals surface area (Å²) in [4.78, 5) is 14.7. The van der Waals surface area contributed by atoms with Crippen LogP contribution in [0, 0.1) is 0 Å². The number of aliphatic hydroxyl groups is 1. The van der Waals surface area contributed by atoms with Crippen LogP contribution in [0.4, 0.5) is 0 Å².